The lowest BCUT2D eigenvalue weighted by Crippen LogP contribution is -2.38. The van der Waals surface area contributed by atoms with Crippen molar-refractivity contribution in [2.75, 3.05) is 37.6 Å². The van der Waals surface area contributed by atoms with E-state index in [0.29, 0.717) is 11.6 Å². The zero-order chi connectivity index (χ0) is 19.6. The molecule has 1 N–H and O–H groups in total. The number of aryl methyl sites for hydroxylation is 1. The maximum absolute atomic E-state index is 12.7. The molecular weight excluding hydrogens is 342 g/mol. The van der Waals surface area contributed by atoms with Crippen LogP contribution in [0, 0.1) is 6.92 Å². The highest BCUT2D eigenvalue weighted by Gasteiger charge is 2.29. The average Bonchev–Trinajstić information content (AvgIpc) is 2.92. The molecule has 0 unspecified atom stereocenters. The summed E-state index contributed by atoms with van der Waals surface area (Å²) in [5.74, 6) is -0.661. The highest BCUT2D eigenvalue weighted by molar-refractivity contribution is 5.98. The number of rotatable bonds is 4. The summed E-state index contributed by atoms with van der Waals surface area (Å²) in [6, 6.07) is 6.61. The number of hydrogen-bond acceptors (Lipinski definition) is 5. The minimum absolute atomic E-state index is 0.124. The normalized spacial score (nSPS) is 22.3. The second-order valence-electron chi connectivity index (χ2n) is 8.53. The number of nitrogens with one attached hydrogen (secondary N) is 1. The monoisotopic (exact) mass is 373 g/mol. The standard InChI is InChI=1S/C21H31N3O3/c1-15-5-6-17(24-12-11-23-9-7-16(24)8-10-23)13-18(15)20(26)22-14-19(25)27-21(2,3)4/h5-6,13,16H,7-12,14H2,1-4H3,(H,22,26). The molecule has 3 aliphatic heterocycles. The zero-order valence-electron chi connectivity index (χ0n) is 16.9. The van der Waals surface area contributed by atoms with Crippen LogP contribution in [-0.4, -0.2) is 61.1 Å². The van der Waals surface area contributed by atoms with Gasteiger partial charge in [0.2, 0.25) is 0 Å². The second-order valence-corrected chi connectivity index (χ2v) is 8.53. The number of piperidine rings is 1. The van der Waals surface area contributed by atoms with Gasteiger partial charge in [0.25, 0.3) is 5.91 Å². The number of esters is 1. The smallest absolute Gasteiger partial charge is 0.325 e. The summed E-state index contributed by atoms with van der Waals surface area (Å²) in [6.45, 7) is 11.6. The predicted octanol–water partition coefficient (Wildman–Crippen LogP) is 2.35. The van der Waals surface area contributed by atoms with Gasteiger partial charge < -0.3 is 19.9 Å². The summed E-state index contributed by atoms with van der Waals surface area (Å²) in [5.41, 5.74) is 2.06. The molecule has 1 aromatic rings. The Morgan fingerprint density at radius 3 is 2.52 bits per heavy atom. The Kier molecular flexibility index (Phi) is 5.75. The third-order valence-corrected chi connectivity index (χ3v) is 5.27. The molecular formula is C21H31N3O3. The van der Waals surface area contributed by atoms with Gasteiger partial charge in [0.05, 0.1) is 0 Å². The number of hydrogen-bond donors (Lipinski definition) is 1. The molecule has 3 aliphatic rings. The van der Waals surface area contributed by atoms with Gasteiger partial charge in [0.1, 0.15) is 12.1 Å². The topological polar surface area (TPSA) is 61.9 Å². The minimum Gasteiger partial charge on any atom is -0.459 e. The molecule has 3 heterocycles. The number of benzene rings is 1. The molecule has 2 bridgehead atoms. The maximum Gasteiger partial charge on any atom is 0.325 e. The van der Waals surface area contributed by atoms with Crippen molar-refractivity contribution in [2.24, 2.45) is 0 Å². The number of carbonyl (C=O) groups is 2. The lowest BCUT2D eigenvalue weighted by Gasteiger charge is -2.33. The van der Waals surface area contributed by atoms with Gasteiger partial charge in [-0.3, -0.25) is 9.59 Å². The summed E-state index contributed by atoms with van der Waals surface area (Å²) in [5, 5.41) is 2.70. The van der Waals surface area contributed by atoms with Crippen molar-refractivity contribution in [1.82, 2.24) is 10.2 Å². The van der Waals surface area contributed by atoms with E-state index in [9.17, 15) is 9.59 Å². The summed E-state index contributed by atoms with van der Waals surface area (Å²) >= 11 is 0. The van der Waals surface area contributed by atoms with E-state index in [1.807, 2.05) is 39.8 Å². The number of ether oxygens (including phenoxy) is 1. The van der Waals surface area contributed by atoms with Gasteiger partial charge in [-0.1, -0.05) is 6.07 Å². The van der Waals surface area contributed by atoms with E-state index in [1.165, 1.54) is 12.8 Å². The highest BCUT2D eigenvalue weighted by Crippen LogP contribution is 2.28. The van der Waals surface area contributed by atoms with E-state index in [4.69, 9.17) is 4.74 Å². The molecule has 0 aliphatic carbocycles. The van der Waals surface area contributed by atoms with Crippen LogP contribution in [0.3, 0.4) is 0 Å². The first-order valence-electron chi connectivity index (χ1n) is 9.82. The Balaban J connectivity index is 1.69. The van der Waals surface area contributed by atoms with Gasteiger partial charge in [0, 0.05) is 43.5 Å². The molecule has 3 fully saturated rings. The van der Waals surface area contributed by atoms with Crippen LogP contribution in [0.4, 0.5) is 5.69 Å². The Morgan fingerprint density at radius 1 is 1.15 bits per heavy atom. The fraction of sp³-hybridized carbons (Fsp3) is 0.619. The van der Waals surface area contributed by atoms with E-state index in [2.05, 4.69) is 21.2 Å². The number of fused-ring (bicyclic) bond motifs is 4. The fourth-order valence-corrected chi connectivity index (χ4v) is 3.88. The van der Waals surface area contributed by atoms with E-state index >= 15 is 0 Å². The summed E-state index contributed by atoms with van der Waals surface area (Å²) < 4.78 is 5.25. The first-order valence-corrected chi connectivity index (χ1v) is 9.82. The van der Waals surface area contributed by atoms with Gasteiger partial charge in [-0.2, -0.15) is 0 Å². The molecule has 0 saturated carbocycles. The van der Waals surface area contributed by atoms with Crippen LogP contribution in [-0.2, 0) is 9.53 Å². The largest absolute Gasteiger partial charge is 0.459 e. The van der Waals surface area contributed by atoms with Gasteiger partial charge in [0.15, 0.2) is 0 Å². The van der Waals surface area contributed by atoms with Crippen LogP contribution in [0.5, 0.6) is 0 Å². The van der Waals surface area contributed by atoms with Crippen molar-refractivity contribution in [1.29, 1.82) is 0 Å². The van der Waals surface area contributed by atoms with Gasteiger partial charge in [-0.25, -0.2) is 0 Å². The first-order chi connectivity index (χ1) is 12.7. The molecule has 0 radical (unpaired) electrons. The highest BCUT2D eigenvalue weighted by atomic mass is 16.6. The maximum atomic E-state index is 12.7. The molecule has 3 saturated heterocycles. The molecule has 27 heavy (non-hydrogen) atoms. The molecule has 4 rings (SSSR count). The van der Waals surface area contributed by atoms with E-state index < -0.39 is 11.6 Å². The van der Waals surface area contributed by atoms with Crippen LogP contribution < -0.4 is 10.2 Å². The fourth-order valence-electron chi connectivity index (χ4n) is 3.88. The van der Waals surface area contributed by atoms with Crippen LogP contribution in [0.25, 0.3) is 0 Å². The lowest BCUT2D eigenvalue weighted by atomic mass is 10.0. The minimum atomic E-state index is -0.556. The van der Waals surface area contributed by atoms with Gasteiger partial charge >= 0.3 is 5.97 Å². The summed E-state index contributed by atoms with van der Waals surface area (Å²) in [6.07, 6.45) is 2.35. The average molecular weight is 373 g/mol. The number of carbonyl (C=O) groups excluding carboxylic acids is 2. The Labute approximate surface area is 161 Å². The van der Waals surface area contributed by atoms with Crippen LogP contribution in [0.2, 0.25) is 0 Å². The Bertz CT molecular complexity index is 703. The summed E-state index contributed by atoms with van der Waals surface area (Å²) in [7, 11) is 0. The molecule has 6 heteroatoms. The van der Waals surface area contributed by atoms with Crippen LogP contribution in [0.1, 0.15) is 49.5 Å². The predicted molar refractivity (Wildman–Crippen MR) is 106 cm³/mol. The van der Waals surface area contributed by atoms with Crippen molar-refractivity contribution < 1.29 is 14.3 Å². The van der Waals surface area contributed by atoms with Gasteiger partial charge in [-0.15, -0.1) is 0 Å². The van der Waals surface area contributed by atoms with E-state index in [1.54, 1.807) is 0 Å². The molecule has 1 aromatic carbocycles. The first kappa shape index (κ1) is 19.7. The molecule has 148 valence electrons. The number of amides is 1. The molecule has 0 aromatic heterocycles. The SMILES string of the molecule is Cc1ccc(N2CCN3CCC2CC3)cc1C(=O)NCC(=O)OC(C)(C)C. The van der Waals surface area contributed by atoms with Crippen molar-refractivity contribution in [2.45, 2.75) is 52.2 Å². The lowest BCUT2D eigenvalue weighted by molar-refractivity contribution is -0.153. The second kappa shape index (κ2) is 7.89. The van der Waals surface area contributed by atoms with Crippen molar-refractivity contribution >= 4 is 17.6 Å². The van der Waals surface area contributed by atoms with Crippen molar-refractivity contribution in [3.05, 3.63) is 29.3 Å². The molecule has 6 nitrogen and oxygen atoms in total. The quantitative estimate of drug-likeness (QED) is 0.821. The molecule has 1 amide bonds. The zero-order valence-corrected chi connectivity index (χ0v) is 16.9. The summed E-state index contributed by atoms with van der Waals surface area (Å²) in [4.78, 5) is 29.5. The third kappa shape index (κ3) is 5.01. The van der Waals surface area contributed by atoms with E-state index in [0.717, 1.165) is 37.4 Å². The molecule has 0 atom stereocenters. The van der Waals surface area contributed by atoms with Crippen LogP contribution >= 0.6 is 0 Å². The number of anilines is 1. The van der Waals surface area contributed by atoms with Crippen molar-refractivity contribution in [3.63, 3.8) is 0 Å². The Hall–Kier alpha value is -2.08. The number of nitrogens with zero attached hydrogens (tertiary/aromatic N) is 2. The van der Waals surface area contributed by atoms with Crippen molar-refractivity contribution in [3.8, 4) is 0 Å². The van der Waals surface area contributed by atoms with Crippen LogP contribution in [0.15, 0.2) is 18.2 Å². The Morgan fingerprint density at radius 2 is 1.85 bits per heavy atom. The van der Waals surface area contributed by atoms with Gasteiger partial charge in [-0.05, 0) is 58.2 Å². The molecule has 0 spiro atoms. The third-order valence-electron chi connectivity index (χ3n) is 5.27. The van der Waals surface area contributed by atoms with E-state index in [-0.39, 0.29) is 12.5 Å².